The van der Waals surface area contributed by atoms with Gasteiger partial charge in [0.05, 0.1) is 0 Å². The van der Waals surface area contributed by atoms with Crippen LogP contribution >= 0.6 is 0 Å². The quantitative estimate of drug-likeness (QED) is 0.651. The van der Waals surface area contributed by atoms with E-state index in [0.29, 0.717) is 0 Å². The first-order valence-electron chi connectivity index (χ1n) is 5.93. The average molecular weight is 199 g/mol. The lowest BCUT2D eigenvalue weighted by Crippen LogP contribution is -2.39. The van der Waals surface area contributed by atoms with Crippen LogP contribution in [0.4, 0.5) is 0 Å². The van der Waals surface area contributed by atoms with E-state index in [4.69, 9.17) is 4.79 Å². The van der Waals surface area contributed by atoms with E-state index in [0.717, 1.165) is 12.3 Å². The smallest absolute Gasteiger partial charge is 0.116 e. The number of rotatable bonds is 3. The maximum atomic E-state index is 8.81. The molecule has 1 fully saturated rings. The van der Waals surface area contributed by atoms with Gasteiger partial charge >= 0.3 is 0 Å². The molecular formula is C12H25NO. The van der Waals surface area contributed by atoms with E-state index in [1.807, 2.05) is 0 Å². The lowest BCUT2D eigenvalue weighted by molar-refractivity contribution is -0.106. The van der Waals surface area contributed by atoms with Crippen LogP contribution in [0.1, 0.15) is 52.9 Å². The Morgan fingerprint density at radius 1 is 1.36 bits per heavy atom. The van der Waals surface area contributed by atoms with Crippen molar-refractivity contribution in [3.8, 4) is 0 Å². The molecule has 1 heterocycles. The third-order valence-electron chi connectivity index (χ3n) is 2.73. The van der Waals surface area contributed by atoms with Crippen LogP contribution in [0.15, 0.2) is 0 Å². The lowest BCUT2D eigenvalue weighted by Gasteiger charge is -2.34. The molecule has 0 N–H and O–H groups in total. The average Bonchev–Trinajstić information content (AvgIpc) is 2.20. The van der Waals surface area contributed by atoms with Crippen molar-refractivity contribution in [2.24, 2.45) is 0 Å². The second-order valence-electron chi connectivity index (χ2n) is 3.83. The first-order valence-corrected chi connectivity index (χ1v) is 5.93. The Balaban J connectivity index is 0.000000500. The molecule has 0 aromatic carbocycles. The van der Waals surface area contributed by atoms with Crippen molar-refractivity contribution >= 4 is 6.29 Å². The topological polar surface area (TPSA) is 20.3 Å². The molecule has 1 atom stereocenters. The van der Waals surface area contributed by atoms with E-state index in [9.17, 15) is 0 Å². The summed E-state index contributed by atoms with van der Waals surface area (Å²) in [5, 5.41) is 0. The van der Waals surface area contributed by atoms with Gasteiger partial charge in [0.2, 0.25) is 0 Å². The van der Waals surface area contributed by atoms with Crippen molar-refractivity contribution in [1.29, 1.82) is 0 Å². The normalized spacial score (nSPS) is 22.4. The van der Waals surface area contributed by atoms with Crippen LogP contribution in [0, 0.1) is 0 Å². The molecule has 0 amide bonds. The van der Waals surface area contributed by atoms with Gasteiger partial charge in [-0.2, -0.15) is 0 Å². The SMILES string of the molecule is CC=O.CCCN1CCCC[C@@H]1CC. The molecule has 0 spiro atoms. The number of hydrogen-bond acceptors (Lipinski definition) is 2. The van der Waals surface area contributed by atoms with Crippen molar-refractivity contribution in [2.45, 2.75) is 58.9 Å². The Labute approximate surface area is 88.7 Å². The van der Waals surface area contributed by atoms with Gasteiger partial charge in [0.25, 0.3) is 0 Å². The Morgan fingerprint density at radius 2 is 2.00 bits per heavy atom. The van der Waals surface area contributed by atoms with Gasteiger partial charge in [-0.25, -0.2) is 0 Å². The maximum Gasteiger partial charge on any atom is 0.116 e. The highest BCUT2D eigenvalue weighted by Crippen LogP contribution is 2.18. The van der Waals surface area contributed by atoms with Crippen molar-refractivity contribution in [3.05, 3.63) is 0 Å². The second kappa shape index (κ2) is 9.20. The molecule has 1 aliphatic rings. The van der Waals surface area contributed by atoms with E-state index < -0.39 is 0 Å². The number of carbonyl (C=O) groups excluding carboxylic acids is 1. The molecule has 0 unspecified atom stereocenters. The summed E-state index contributed by atoms with van der Waals surface area (Å²) in [5.74, 6) is 0. The van der Waals surface area contributed by atoms with Gasteiger partial charge in [-0.1, -0.05) is 20.3 Å². The fraction of sp³-hybridized carbons (Fsp3) is 0.917. The molecule has 0 aliphatic carbocycles. The summed E-state index contributed by atoms with van der Waals surface area (Å²) in [6.07, 6.45) is 7.74. The highest BCUT2D eigenvalue weighted by atomic mass is 16.1. The molecule has 84 valence electrons. The summed E-state index contributed by atoms with van der Waals surface area (Å²) in [5.41, 5.74) is 0. The molecule has 2 nitrogen and oxygen atoms in total. The summed E-state index contributed by atoms with van der Waals surface area (Å²) in [6.45, 7) is 8.71. The second-order valence-corrected chi connectivity index (χ2v) is 3.83. The van der Waals surface area contributed by atoms with E-state index in [2.05, 4.69) is 18.7 Å². The van der Waals surface area contributed by atoms with Crippen LogP contribution in [0.5, 0.6) is 0 Å². The zero-order valence-corrected chi connectivity index (χ0v) is 9.96. The highest BCUT2D eigenvalue weighted by Gasteiger charge is 2.18. The zero-order valence-electron chi connectivity index (χ0n) is 9.96. The Morgan fingerprint density at radius 3 is 2.50 bits per heavy atom. The Bertz CT molecular complexity index is 134. The van der Waals surface area contributed by atoms with Crippen LogP contribution < -0.4 is 0 Å². The predicted octanol–water partition coefficient (Wildman–Crippen LogP) is 2.87. The molecule has 1 rings (SSSR count). The minimum absolute atomic E-state index is 0.750. The van der Waals surface area contributed by atoms with Crippen molar-refractivity contribution in [2.75, 3.05) is 13.1 Å². The van der Waals surface area contributed by atoms with Gasteiger partial charge in [-0.3, -0.25) is 0 Å². The molecule has 14 heavy (non-hydrogen) atoms. The molecule has 0 aromatic rings. The van der Waals surface area contributed by atoms with Crippen molar-refractivity contribution in [1.82, 2.24) is 4.90 Å². The number of carbonyl (C=O) groups is 1. The zero-order chi connectivity index (χ0) is 10.8. The molecule has 0 saturated carbocycles. The van der Waals surface area contributed by atoms with Crippen molar-refractivity contribution in [3.63, 3.8) is 0 Å². The van der Waals surface area contributed by atoms with Crippen LogP contribution in [0.3, 0.4) is 0 Å². The van der Waals surface area contributed by atoms with Crippen LogP contribution in [-0.4, -0.2) is 30.3 Å². The van der Waals surface area contributed by atoms with Gasteiger partial charge < -0.3 is 9.69 Å². The minimum Gasteiger partial charge on any atom is -0.304 e. The summed E-state index contributed by atoms with van der Waals surface area (Å²) in [4.78, 5) is 11.5. The molecule has 0 radical (unpaired) electrons. The third kappa shape index (κ3) is 5.38. The number of likely N-dealkylation sites (tertiary alicyclic amines) is 1. The van der Waals surface area contributed by atoms with E-state index in [1.165, 1.54) is 52.1 Å². The van der Waals surface area contributed by atoms with E-state index >= 15 is 0 Å². The highest BCUT2D eigenvalue weighted by molar-refractivity contribution is 5.44. The molecule has 0 aromatic heterocycles. The molecular weight excluding hydrogens is 174 g/mol. The molecule has 2 heteroatoms. The molecule has 1 saturated heterocycles. The van der Waals surface area contributed by atoms with E-state index in [1.54, 1.807) is 0 Å². The first kappa shape index (κ1) is 13.6. The largest absolute Gasteiger partial charge is 0.304 e. The number of nitrogens with zero attached hydrogens (tertiary/aromatic N) is 1. The van der Waals surface area contributed by atoms with Crippen molar-refractivity contribution < 1.29 is 4.79 Å². The summed E-state index contributed by atoms with van der Waals surface area (Å²) in [6, 6.07) is 0.906. The number of aldehydes is 1. The van der Waals surface area contributed by atoms with Gasteiger partial charge in [0.15, 0.2) is 0 Å². The van der Waals surface area contributed by atoms with Gasteiger partial charge in [-0.15, -0.1) is 0 Å². The van der Waals surface area contributed by atoms with Gasteiger partial charge in [-0.05, 0) is 45.7 Å². The predicted molar refractivity (Wildman–Crippen MR) is 61.5 cm³/mol. The standard InChI is InChI=1S/C10H21N.C2H4O/c1-3-8-11-9-6-5-7-10(11)4-2;1-2-3/h10H,3-9H2,1-2H3;2H,1H3/t10-;/m0./s1. The summed E-state index contributed by atoms with van der Waals surface area (Å²) in [7, 11) is 0. The molecule has 1 aliphatic heterocycles. The molecule has 0 bridgehead atoms. The maximum absolute atomic E-state index is 8.81. The van der Waals surface area contributed by atoms with Gasteiger partial charge in [0.1, 0.15) is 6.29 Å². The summed E-state index contributed by atoms with van der Waals surface area (Å²) < 4.78 is 0. The monoisotopic (exact) mass is 199 g/mol. The third-order valence-corrected chi connectivity index (χ3v) is 2.73. The number of hydrogen-bond donors (Lipinski definition) is 0. The fourth-order valence-electron chi connectivity index (χ4n) is 2.10. The van der Waals surface area contributed by atoms with Gasteiger partial charge in [0, 0.05) is 6.04 Å². The minimum atomic E-state index is 0.750. The van der Waals surface area contributed by atoms with Crippen LogP contribution in [0.2, 0.25) is 0 Å². The van der Waals surface area contributed by atoms with Crippen LogP contribution in [-0.2, 0) is 4.79 Å². The first-order chi connectivity index (χ1) is 6.79. The Hall–Kier alpha value is -0.370. The van der Waals surface area contributed by atoms with E-state index in [-0.39, 0.29) is 0 Å². The lowest BCUT2D eigenvalue weighted by atomic mass is 10.00. The number of piperidine rings is 1. The fourth-order valence-corrected chi connectivity index (χ4v) is 2.10. The summed E-state index contributed by atoms with van der Waals surface area (Å²) >= 11 is 0. The Kier molecular flexibility index (Phi) is 8.95. The van der Waals surface area contributed by atoms with Crippen LogP contribution in [0.25, 0.3) is 0 Å².